The van der Waals surface area contributed by atoms with Crippen LogP contribution in [-0.2, 0) is 0 Å². The average Bonchev–Trinajstić information content (AvgIpc) is 2.04. The van der Waals surface area contributed by atoms with Gasteiger partial charge in [-0.25, -0.2) is 0 Å². The molecule has 2 aromatic rings. The normalized spacial score (nSPS) is 18.9. The molecule has 0 saturated carbocycles. The molecule has 78 valence electrons. The Morgan fingerprint density at radius 3 is 2.73 bits per heavy atom. The number of carbonyl (C=O) groups is 1. The van der Waals surface area contributed by atoms with Gasteiger partial charge in [0, 0.05) is 0 Å². The smallest absolute Gasteiger partial charge is 0.268 e. The highest BCUT2D eigenvalue weighted by Gasteiger charge is 2.35. The Hall–Kier alpha value is -1.71. The first kappa shape index (κ1) is 8.59. The Kier molecular flexibility index (Phi) is 1.40. The predicted octanol–water partition coefficient (Wildman–Crippen LogP) is 2.77. The van der Waals surface area contributed by atoms with E-state index in [0.717, 1.165) is 0 Å². The van der Waals surface area contributed by atoms with E-state index in [1.54, 1.807) is 12.1 Å². The van der Waals surface area contributed by atoms with E-state index >= 15 is 0 Å². The van der Waals surface area contributed by atoms with Crippen molar-refractivity contribution >= 4 is 16.9 Å². The summed E-state index contributed by atoms with van der Waals surface area (Å²) < 4.78 is 15.3. The second kappa shape index (κ2) is 2.45. The van der Waals surface area contributed by atoms with Gasteiger partial charge < -0.3 is 4.74 Å². The van der Waals surface area contributed by atoms with Crippen molar-refractivity contribution in [1.82, 2.24) is 0 Å². The van der Waals surface area contributed by atoms with Crippen LogP contribution in [-0.4, -0.2) is 11.4 Å². The zero-order valence-electron chi connectivity index (χ0n) is 8.49. The third-order valence-corrected chi connectivity index (χ3v) is 2.56. The van der Waals surface area contributed by atoms with E-state index in [1.165, 1.54) is 0 Å². The number of Topliss-reactive ketones (excluding diaryl/α,β-unsaturated/α-hetero) is 1. The maximum absolute atomic E-state index is 11.8. The third-order valence-electron chi connectivity index (χ3n) is 2.56. The molecule has 1 aromatic carbocycles. The molecular weight excluding hydrogens is 196 g/mol. The molecule has 1 aliphatic rings. The number of fused-ring (bicyclic) bond motifs is 3. The zero-order valence-corrected chi connectivity index (χ0v) is 8.49. The minimum atomic E-state index is -0.474. The molecule has 0 bridgehead atoms. The Morgan fingerprint density at radius 1 is 1.27 bits per heavy atom. The van der Waals surface area contributed by atoms with E-state index in [1.807, 2.05) is 13.8 Å². The fourth-order valence-corrected chi connectivity index (χ4v) is 1.86. The number of hydrogen-bond donors (Lipinski definition) is 0. The van der Waals surface area contributed by atoms with E-state index in [9.17, 15) is 4.79 Å². The summed E-state index contributed by atoms with van der Waals surface area (Å²) in [6.45, 7) is 3.76. The molecule has 2 heterocycles. The van der Waals surface area contributed by atoms with Crippen LogP contribution in [0.15, 0.2) is 21.3 Å². The van der Waals surface area contributed by atoms with E-state index in [4.69, 9.17) is 13.9 Å². The van der Waals surface area contributed by atoms with Crippen molar-refractivity contribution in [1.29, 1.82) is 0 Å². The van der Waals surface area contributed by atoms with Gasteiger partial charge in [0.25, 0.3) is 5.58 Å². The second-order valence-corrected chi connectivity index (χ2v) is 4.40. The Bertz CT molecular complexity index is 544. The van der Waals surface area contributed by atoms with Crippen LogP contribution < -0.4 is 4.74 Å². The van der Waals surface area contributed by atoms with Gasteiger partial charge in [-0.05, 0) is 26.0 Å². The van der Waals surface area contributed by atoms with E-state index < -0.39 is 5.60 Å². The quantitative estimate of drug-likeness (QED) is 0.622. The lowest BCUT2D eigenvalue weighted by Crippen LogP contribution is -2.36. The van der Waals surface area contributed by atoms with Gasteiger partial charge in [0.05, 0.1) is 12.0 Å². The van der Waals surface area contributed by atoms with Crippen molar-refractivity contribution in [2.24, 2.45) is 0 Å². The summed E-state index contributed by atoms with van der Waals surface area (Å²) in [5.74, 6) is 0.597. The van der Waals surface area contributed by atoms with Gasteiger partial charge in [-0.3, -0.25) is 13.9 Å². The van der Waals surface area contributed by atoms with Crippen LogP contribution >= 0.6 is 0 Å². The SMILES string of the molecule is CC1(C)CC(=O)c2ccc3ooc3c2O1. The Morgan fingerprint density at radius 2 is 2.07 bits per heavy atom. The van der Waals surface area contributed by atoms with Crippen LogP contribution in [0.4, 0.5) is 0 Å². The molecule has 4 nitrogen and oxygen atoms in total. The first-order valence-corrected chi connectivity index (χ1v) is 4.81. The number of benzene rings is 1. The maximum Gasteiger partial charge on any atom is 0.268 e. The van der Waals surface area contributed by atoms with Gasteiger partial charge in [-0.15, -0.1) is 0 Å². The first-order valence-electron chi connectivity index (χ1n) is 4.81. The summed E-state index contributed by atoms with van der Waals surface area (Å²) in [5.41, 5.74) is 1.27. The van der Waals surface area contributed by atoms with E-state index in [0.29, 0.717) is 28.9 Å². The molecule has 0 unspecified atom stereocenters. The number of ketones is 1. The van der Waals surface area contributed by atoms with Crippen LogP contribution in [0.25, 0.3) is 11.2 Å². The number of ether oxygens (including phenoxy) is 1. The molecular formula is C11H10O4. The molecule has 4 heteroatoms. The van der Waals surface area contributed by atoms with Crippen molar-refractivity contribution in [3.8, 4) is 5.75 Å². The minimum absolute atomic E-state index is 0.0829. The predicted molar refractivity (Wildman–Crippen MR) is 52.1 cm³/mol. The van der Waals surface area contributed by atoms with E-state index in [-0.39, 0.29) is 5.78 Å². The summed E-state index contributed by atoms with van der Waals surface area (Å²) in [4.78, 5) is 11.8. The molecule has 15 heavy (non-hydrogen) atoms. The fraction of sp³-hybridized carbons (Fsp3) is 0.364. The van der Waals surface area contributed by atoms with E-state index in [2.05, 4.69) is 0 Å². The standard InChI is InChI=1S/C11H10O4/c1-11(2)5-7(12)6-3-4-8-10(15-14-8)9(6)13-11/h3-4H,5H2,1-2H3. The highest BCUT2D eigenvalue weighted by molar-refractivity contribution is 6.04. The van der Waals surface area contributed by atoms with Gasteiger partial charge >= 0.3 is 0 Å². The minimum Gasteiger partial charge on any atom is -0.482 e. The molecule has 1 aliphatic heterocycles. The van der Waals surface area contributed by atoms with Crippen molar-refractivity contribution in [2.75, 3.05) is 0 Å². The number of carbonyl (C=O) groups excluding carboxylic acids is 1. The number of rotatable bonds is 0. The van der Waals surface area contributed by atoms with Crippen LogP contribution in [0, 0.1) is 0 Å². The summed E-state index contributed by atoms with van der Waals surface area (Å²) in [6.07, 6.45) is 0.389. The van der Waals surface area contributed by atoms with Crippen molar-refractivity contribution in [3.05, 3.63) is 17.7 Å². The molecule has 0 spiro atoms. The summed E-state index contributed by atoms with van der Waals surface area (Å²) in [7, 11) is 0. The molecule has 1 aromatic heterocycles. The lowest BCUT2D eigenvalue weighted by molar-refractivity contribution is 0.0399. The average molecular weight is 206 g/mol. The zero-order chi connectivity index (χ0) is 10.6. The van der Waals surface area contributed by atoms with Crippen LogP contribution in [0.5, 0.6) is 5.75 Å². The molecule has 0 atom stereocenters. The topological polar surface area (TPSA) is 52.6 Å². The molecule has 3 rings (SSSR count). The second-order valence-electron chi connectivity index (χ2n) is 4.40. The van der Waals surface area contributed by atoms with Gasteiger partial charge in [-0.1, -0.05) is 0 Å². The molecule has 0 fully saturated rings. The van der Waals surface area contributed by atoms with Gasteiger partial charge in [0.1, 0.15) is 5.60 Å². The van der Waals surface area contributed by atoms with Crippen molar-refractivity contribution in [2.45, 2.75) is 25.9 Å². The van der Waals surface area contributed by atoms with Gasteiger partial charge in [-0.2, -0.15) is 0 Å². The lowest BCUT2D eigenvalue weighted by atomic mass is 9.93. The van der Waals surface area contributed by atoms with Crippen LogP contribution in [0.3, 0.4) is 0 Å². The largest absolute Gasteiger partial charge is 0.482 e. The molecule has 0 aliphatic carbocycles. The molecule has 0 amide bonds. The van der Waals surface area contributed by atoms with Crippen LogP contribution in [0.2, 0.25) is 0 Å². The lowest BCUT2D eigenvalue weighted by Gasteiger charge is -2.31. The molecule has 0 radical (unpaired) electrons. The van der Waals surface area contributed by atoms with Crippen molar-refractivity contribution < 1.29 is 18.7 Å². The summed E-state index contributed by atoms with van der Waals surface area (Å²) in [6, 6.07) is 3.44. The third kappa shape index (κ3) is 1.11. The highest BCUT2D eigenvalue weighted by atomic mass is 17.0. The van der Waals surface area contributed by atoms with Gasteiger partial charge in [0.2, 0.25) is 5.58 Å². The molecule has 0 saturated heterocycles. The van der Waals surface area contributed by atoms with Crippen molar-refractivity contribution in [3.63, 3.8) is 0 Å². The summed E-state index contributed by atoms with van der Waals surface area (Å²) in [5, 5.41) is 0. The van der Waals surface area contributed by atoms with Gasteiger partial charge in [0.15, 0.2) is 11.5 Å². The maximum atomic E-state index is 11.8. The Balaban J connectivity index is 2.25. The first-order chi connectivity index (χ1) is 7.07. The Labute approximate surface area is 85.7 Å². The highest BCUT2D eigenvalue weighted by Crippen LogP contribution is 2.39. The summed E-state index contributed by atoms with van der Waals surface area (Å²) >= 11 is 0. The van der Waals surface area contributed by atoms with Crippen LogP contribution in [0.1, 0.15) is 30.6 Å². The monoisotopic (exact) mass is 206 g/mol. The number of hydrogen-bond acceptors (Lipinski definition) is 4. The molecule has 0 N–H and O–H groups in total. The fourth-order valence-electron chi connectivity index (χ4n) is 1.86.